The number of nitrogens with zero attached hydrogens (tertiary/aromatic N) is 1. The second kappa shape index (κ2) is 10.6. The van der Waals surface area contributed by atoms with Crippen molar-refractivity contribution in [2.75, 3.05) is 20.2 Å². The van der Waals surface area contributed by atoms with Gasteiger partial charge in [-0.15, -0.1) is 0 Å². The van der Waals surface area contributed by atoms with Gasteiger partial charge in [0, 0.05) is 25.7 Å². The molecule has 0 radical (unpaired) electrons. The molecule has 0 aromatic heterocycles. The molecule has 162 valence electrons. The van der Waals surface area contributed by atoms with E-state index < -0.39 is 0 Å². The molecular weight excluding hydrogens is 372 g/mol. The van der Waals surface area contributed by atoms with Crippen molar-refractivity contribution in [3.63, 3.8) is 0 Å². The van der Waals surface area contributed by atoms with Gasteiger partial charge in [-0.2, -0.15) is 0 Å². The first-order valence-electron chi connectivity index (χ1n) is 11.3. The smallest absolute Gasteiger partial charge is 0.224 e. The Morgan fingerprint density at radius 2 is 1.90 bits per heavy atom. The molecule has 3 rings (SSSR count). The number of hydrogen-bond donors (Lipinski definition) is 1. The van der Waals surface area contributed by atoms with E-state index >= 15 is 0 Å². The third kappa shape index (κ3) is 5.85. The van der Waals surface area contributed by atoms with Crippen LogP contribution in [0.4, 0.5) is 0 Å². The summed E-state index contributed by atoms with van der Waals surface area (Å²) in [4.78, 5) is 15.4. The van der Waals surface area contributed by atoms with Crippen LogP contribution in [0, 0.1) is 5.92 Å². The van der Waals surface area contributed by atoms with Crippen LogP contribution in [0.2, 0.25) is 0 Å². The molecule has 1 amide bonds. The summed E-state index contributed by atoms with van der Waals surface area (Å²) >= 11 is 0. The molecule has 4 nitrogen and oxygen atoms in total. The fraction of sp³-hybridized carbons (Fsp3) is 0.500. The first-order valence-corrected chi connectivity index (χ1v) is 11.3. The third-order valence-electron chi connectivity index (χ3n) is 6.30. The van der Waals surface area contributed by atoms with Gasteiger partial charge in [0.1, 0.15) is 5.75 Å². The van der Waals surface area contributed by atoms with E-state index in [0.29, 0.717) is 5.92 Å². The Labute approximate surface area is 181 Å². The Morgan fingerprint density at radius 1 is 1.13 bits per heavy atom. The number of rotatable bonds is 8. The highest BCUT2D eigenvalue weighted by Gasteiger charge is 2.32. The SMILES string of the molecule is CCc1ccc([C@@H]2C[C@H](C(=O)N[C@H](C)CC)CN(Cc3cccc(OC)c3)C2)cc1. The Bertz CT molecular complexity index is 818. The molecule has 0 spiro atoms. The van der Waals surface area contributed by atoms with Gasteiger partial charge < -0.3 is 10.1 Å². The summed E-state index contributed by atoms with van der Waals surface area (Å²) < 4.78 is 5.39. The summed E-state index contributed by atoms with van der Waals surface area (Å²) in [6.07, 6.45) is 2.91. The largest absolute Gasteiger partial charge is 0.497 e. The molecule has 0 unspecified atom stereocenters. The van der Waals surface area contributed by atoms with Crippen LogP contribution in [0.3, 0.4) is 0 Å². The molecule has 2 aromatic rings. The maximum atomic E-state index is 13.0. The zero-order chi connectivity index (χ0) is 21.5. The Morgan fingerprint density at radius 3 is 2.57 bits per heavy atom. The summed E-state index contributed by atoms with van der Waals surface area (Å²) in [6, 6.07) is 17.4. The van der Waals surface area contributed by atoms with E-state index in [1.54, 1.807) is 7.11 Å². The molecule has 30 heavy (non-hydrogen) atoms. The fourth-order valence-corrected chi connectivity index (χ4v) is 4.27. The van der Waals surface area contributed by atoms with Crippen molar-refractivity contribution in [3.8, 4) is 5.75 Å². The van der Waals surface area contributed by atoms with Crippen LogP contribution < -0.4 is 10.1 Å². The van der Waals surface area contributed by atoms with Crippen molar-refractivity contribution in [1.82, 2.24) is 10.2 Å². The van der Waals surface area contributed by atoms with E-state index in [0.717, 1.165) is 44.6 Å². The predicted octanol–water partition coefficient (Wildman–Crippen LogP) is 4.78. The number of nitrogens with one attached hydrogen (secondary N) is 1. The summed E-state index contributed by atoms with van der Waals surface area (Å²) in [5.74, 6) is 1.44. The number of carbonyl (C=O) groups is 1. The molecule has 2 aromatic carbocycles. The second-order valence-corrected chi connectivity index (χ2v) is 8.59. The standard InChI is InChI=1S/C26H36N2O2/c1-5-19(3)27-26(29)24-15-23(22-12-10-20(6-2)11-13-22)17-28(18-24)16-21-8-7-9-25(14-21)30-4/h7-14,19,23-24H,5-6,15-18H2,1-4H3,(H,27,29)/t19-,23-,24+/m1/s1. The van der Waals surface area contributed by atoms with Crippen molar-refractivity contribution in [2.45, 2.75) is 58.5 Å². The number of amides is 1. The lowest BCUT2D eigenvalue weighted by molar-refractivity contribution is -0.127. The van der Waals surface area contributed by atoms with Gasteiger partial charge in [-0.05, 0) is 60.9 Å². The lowest BCUT2D eigenvalue weighted by Crippen LogP contribution is -2.47. The first kappa shape index (κ1) is 22.4. The predicted molar refractivity (Wildman–Crippen MR) is 123 cm³/mol. The molecule has 3 atom stereocenters. The van der Waals surface area contributed by atoms with Crippen LogP contribution >= 0.6 is 0 Å². The van der Waals surface area contributed by atoms with E-state index in [4.69, 9.17) is 4.74 Å². The van der Waals surface area contributed by atoms with Crippen LogP contribution in [0.15, 0.2) is 48.5 Å². The molecule has 4 heteroatoms. The maximum Gasteiger partial charge on any atom is 0.224 e. The number of methoxy groups -OCH3 is 1. The third-order valence-corrected chi connectivity index (χ3v) is 6.30. The minimum atomic E-state index is 0.00853. The summed E-state index contributed by atoms with van der Waals surface area (Å²) in [6.45, 7) is 8.96. The molecule has 0 aliphatic carbocycles. The second-order valence-electron chi connectivity index (χ2n) is 8.59. The Balaban J connectivity index is 1.79. The van der Waals surface area contributed by atoms with Gasteiger partial charge in [0.2, 0.25) is 5.91 Å². The van der Waals surface area contributed by atoms with E-state index in [1.165, 1.54) is 16.7 Å². The minimum absolute atomic E-state index is 0.00853. The summed E-state index contributed by atoms with van der Waals surface area (Å²) in [5.41, 5.74) is 3.91. The topological polar surface area (TPSA) is 41.6 Å². The van der Waals surface area contributed by atoms with Crippen molar-refractivity contribution in [1.29, 1.82) is 0 Å². The minimum Gasteiger partial charge on any atom is -0.497 e. The van der Waals surface area contributed by atoms with Gasteiger partial charge in [-0.1, -0.05) is 50.2 Å². The van der Waals surface area contributed by atoms with Crippen molar-refractivity contribution < 1.29 is 9.53 Å². The van der Waals surface area contributed by atoms with E-state index in [9.17, 15) is 4.79 Å². The number of hydrogen-bond acceptors (Lipinski definition) is 3. The van der Waals surface area contributed by atoms with E-state index in [-0.39, 0.29) is 17.9 Å². The van der Waals surface area contributed by atoms with Crippen LogP contribution in [-0.2, 0) is 17.8 Å². The normalized spacial score (nSPS) is 20.5. The molecule has 1 aliphatic rings. The average Bonchev–Trinajstić information content (AvgIpc) is 2.78. The van der Waals surface area contributed by atoms with Crippen molar-refractivity contribution in [2.24, 2.45) is 5.92 Å². The van der Waals surface area contributed by atoms with Crippen LogP contribution in [0.25, 0.3) is 0 Å². The van der Waals surface area contributed by atoms with E-state index in [2.05, 4.69) is 67.4 Å². The zero-order valence-electron chi connectivity index (χ0n) is 18.9. The first-order chi connectivity index (χ1) is 14.5. The molecule has 1 heterocycles. The molecule has 1 fully saturated rings. The number of piperidine rings is 1. The van der Waals surface area contributed by atoms with Gasteiger partial charge in [0.25, 0.3) is 0 Å². The molecule has 0 saturated carbocycles. The van der Waals surface area contributed by atoms with E-state index in [1.807, 2.05) is 12.1 Å². The summed E-state index contributed by atoms with van der Waals surface area (Å²) in [7, 11) is 1.70. The maximum absolute atomic E-state index is 13.0. The van der Waals surface area contributed by atoms with Gasteiger partial charge in [-0.3, -0.25) is 9.69 Å². The lowest BCUT2D eigenvalue weighted by Gasteiger charge is -2.38. The number of likely N-dealkylation sites (tertiary alicyclic amines) is 1. The van der Waals surface area contributed by atoms with Gasteiger partial charge in [-0.25, -0.2) is 0 Å². The monoisotopic (exact) mass is 408 g/mol. The van der Waals surface area contributed by atoms with Crippen LogP contribution in [-0.4, -0.2) is 37.0 Å². The lowest BCUT2D eigenvalue weighted by atomic mass is 9.83. The number of ether oxygens (including phenoxy) is 1. The fourth-order valence-electron chi connectivity index (χ4n) is 4.27. The van der Waals surface area contributed by atoms with Crippen molar-refractivity contribution in [3.05, 3.63) is 65.2 Å². The molecule has 1 saturated heterocycles. The van der Waals surface area contributed by atoms with Crippen molar-refractivity contribution >= 4 is 5.91 Å². The van der Waals surface area contributed by atoms with Crippen LogP contribution in [0.1, 0.15) is 56.2 Å². The van der Waals surface area contributed by atoms with Gasteiger partial charge >= 0.3 is 0 Å². The number of aryl methyl sites for hydroxylation is 1. The van der Waals surface area contributed by atoms with Crippen LogP contribution in [0.5, 0.6) is 5.75 Å². The molecule has 1 aliphatic heterocycles. The average molecular weight is 409 g/mol. The molecular formula is C26H36N2O2. The number of carbonyl (C=O) groups excluding carboxylic acids is 1. The molecule has 0 bridgehead atoms. The number of benzene rings is 2. The van der Waals surface area contributed by atoms with Gasteiger partial charge in [0.15, 0.2) is 0 Å². The zero-order valence-corrected chi connectivity index (χ0v) is 18.9. The Hall–Kier alpha value is -2.33. The summed E-state index contributed by atoms with van der Waals surface area (Å²) in [5, 5.41) is 3.21. The van der Waals surface area contributed by atoms with Gasteiger partial charge in [0.05, 0.1) is 13.0 Å². The highest BCUT2D eigenvalue weighted by atomic mass is 16.5. The molecule has 1 N–H and O–H groups in total. The Kier molecular flexibility index (Phi) is 7.92. The highest BCUT2D eigenvalue weighted by Crippen LogP contribution is 2.32. The quantitative estimate of drug-likeness (QED) is 0.684. The highest BCUT2D eigenvalue weighted by molar-refractivity contribution is 5.79.